The van der Waals surface area contributed by atoms with Gasteiger partial charge in [0, 0.05) is 43.2 Å². The molecule has 1 atom stereocenters. The number of nitrogens with one attached hydrogen (secondary N) is 3. The van der Waals surface area contributed by atoms with E-state index < -0.39 is 6.10 Å². The van der Waals surface area contributed by atoms with Gasteiger partial charge in [-0.05, 0) is 50.1 Å². The predicted octanol–water partition coefficient (Wildman–Crippen LogP) is 2.97. The lowest BCUT2D eigenvalue weighted by molar-refractivity contribution is -0.121. The molecular weight excluding hydrogens is 411 g/mol. The fraction of sp³-hybridized carbons (Fsp3) is 0.417. The molecule has 0 fully saturated rings. The van der Waals surface area contributed by atoms with Gasteiger partial charge in [-0.1, -0.05) is 18.2 Å². The highest BCUT2D eigenvalue weighted by Crippen LogP contribution is 2.19. The van der Waals surface area contributed by atoms with Gasteiger partial charge in [0.2, 0.25) is 5.91 Å². The Kier molecular flexibility index (Phi) is 7.82. The molecule has 1 heterocycles. The van der Waals surface area contributed by atoms with Gasteiger partial charge in [-0.2, -0.15) is 5.10 Å². The molecule has 0 aromatic heterocycles. The first-order chi connectivity index (χ1) is 15.2. The van der Waals surface area contributed by atoms with Crippen LogP contribution in [-0.4, -0.2) is 48.1 Å². The van der Waals surface area contributed by atoms with Crippen molar-refractivity contribution < 1.29 is 19.0 Å². The number of carbonyl (C=O) groups is 1. The van der Waals surface area contributed by atoms with Crippen LogP contribution in [0.15, 0.2) is 47.6 Å². The van der Waals surface area contributed by atoms with Crippen LogP contribution in [0.1, 0.15) is 37.8 Å². The van der Waals surface area contributed by atoms with Crippen LogP contribution in [0.3, 0.4) is 0 Å². The van der Waals surface area contributed by atoms with Crippen molar-refractivity contribution in [1.29, 1.82) is 0 Å². The van der Waals surface area contributed by atoms with Crippen LogP contribution >= 0.6 is 0 Å². The van der Waals surface area contributed by atoms with E-state index in [9.17, 15) is 14.3 Å². The number of hydrogen-bond donors (Lipinski definition) is 4. The van der Waals surface area contributed by atoms with Crippen molar-refractivity contribution in [3.8, 4) is 5.75 Å². The van der Waals surface area contributed by atoms with Crippen LogP contribution in [0.5, 0.6) is 5.75 Å². The summed E-state index contributed by atoms with van der Waals surface area (Å²) in [6.45, 7) is 6.97. The van der Waals surface area contributed by atoms with Gasteiger partial charge in [-0.3, -0.25) is 4.79 Å². The lowest BCUT2D eigenvalue weighted by Gasteiger charge is -2.28. The Balaban J connectivity index is 1.42. The van der Waals surface area contributed by atoms with Crippen LogP contribution < -0.4 is 20.8 Å². The van der Waals surface area contributed by atoms with E-state index in [0.29, 0.717) is 31.7 Å². The standard InChI is InChI=1S/C24H31FN4O3/c1-16-4-7-18(25)12-22(16)32-14-20(30)13-27-24(2,3)15-26-19-8-5-17(6-9-19)21-10-11-23(31)29-28-21/h4-9,12,20,26-27,30H,10-11,13-15H2,1-3H3,(H,29,31). The number of carbonyl (C=O) groups excluding carboxylic acids is 1. The van der Waals surface area contributed by atoms with E-state index in [-0.39, 0.29) is 23.9 Å². The van der Waals surface area contributed by atoms with Crippen LogP contribution in [-0.2, 0) is 4.79 Å². The van der Waals surface area contributed by atoms with E-state index in [1.165, 1.54) is 12.1 Å². The van der Waals surface area contributed by atoms with Gasteiger partial charge in [0.15, 0.2) is 0 Å². The van der Waals surface area contributed by atoms with E-state index in [2.05, 4.69) is 21.2 Å². The van der Waals surface area contributed by atoms with E-state index >= 15 is 0 Å². The number of hydrogen-bond acceptors (Lipinski definition) is 6. The Hall–Kier alpha value is -2.97. The number of aliphatic hydroxyl groups excluding tert-OH is 1. The minimum absolute atomic E-state index is 0.0532. The van der Waals surface area contributed by atoms with Gasteiger partial charge < -0.3 is 20.5 Å². The molecular formula is C24H31FN4O3. The summed E-state index contributed by atoms with van der Waals surface area (Å²) in [5.74, 6) is 0.0227. The number of amides is 1. The molecule has 1 amide bonds. The number of β-amino-alcohol motifs (C(OH)–C–C–N with tert-alkyl or cyclic N) is 1. The monoisotopic (exact) mass is 442 g/mol. The van der Waals surface area contributed by atoms with Crippen molar-refractivity contribution >= 4 is 17.3 Å². The highest BCUT2D eigenvalue weighted by molar-refractivity contribution is 6.04. The first-order valence-electron chi connectivity index (χ1n) is 10.7. The van der Waals surface area contributed by atoms with Gasteiger partial charge in [0.1, 0.15) is 24.3 Å². The summed E-state index contributed by atoms with van der Waals surface area (Å²) >= 11 is 0. The second kappa shape index (κ2) is 10.6. The third kappa shape index (κ3) is 7.03. The smallest absolute Gasteiger partial charge is 0.240 e. The average molecular weight is 443 g/mol. The van der Waals surface area contributed by atoms with Crippen molar-refractivity contribution in [3.63, 3.8) is 0 Å². The Bertz CT molecular complexity index is 960. The van der Waals surface area contributed by atoms with Gasteiger partial charge in [-0.25, -0.2) is 9.82 Å². The first-order valence-corrected chi connectivity index (χ1v) is 10.7. The summed E-state index contributed by atoms with van der Waals surface area (Å²) in [5, 5.41) is 21.1. The maximum Gasteiger partial charge on any atom is 0.240 e. The van der Waals surface area contributed by atoms with Crippen LogP contribution in [0.25, 0.3) is 0 Å². The Morgan fingerprint density at radius 2 is 1.97 bits per heavy atom. The van der Waals surface area contributed by atoms with Crippen LogP contribution in [0.2, 0.25) is 0 Å². The molecule has 172 valence electrons. The number of aryl methyl sites for hydroxylation is 1. The van der Waals surface area contributed by atoms with Gasteiger partial charge in [-0.15, -0.1) is 0 Å². The fourth-order valence-electron chi connectivity index (χ4n) is 3.22. The second-order valence-electron chi connectivity index (χ2n) is 8.66. The third-order valence-corrected chi connectivity index (χ3v) is 5.25. The van der Waals surface area contributed by atoms with E-state index in [0.717, 1.165) is 22.5 Å². The largest absolute Gasteiger partial charge is 0.490 e. The Labute approximate surface area is 188 Å². The quantitative estimate of drug-likeness (QED) is 0.454. The average Bonchev–Trinajstić information content (AvgIpc) is 2.78. The molecule has 2 aromatic carbocycles. The highest BCUT2D eigenvalue weighted by atomic mass is 19.1. The minimum atomic E-state index is -0.729. The SMILES string of the molecule is Cc1ccc(F)cc1OCC(O)CNC(C)(C)CNc1ccc(C2=NNC(=O)CC2)cc1. The summed E-state index contributed by atoms with van der Waals surface area (Å²) < 4.78 is 18.9. The molecule has 0 bridgehead atoms. The lowest BCUT2D eigenvalue weighted by Crippen LogP contribution is -2.49. The summed E-state index contributed by atoms with van der Waals surface area (Å²) in [4.78, 5) is 11.2. The number of anilines is 1. The fourth-order valence-corrected chi connectivity index (χ4v) is 3.22. The zero-order valence-corrected chi connectivity index (χ0v) is 18.7. The van der Waals surface area contributed by atoms with Gasteiger partial charge in [0.05, 0.1) is 5.71 Å². The van der Waals surface area contributed by atoms with Gasteiger partial charge in [0.25, 0.3) is 0 Å². The van der Waals surface area contributed by atoms with Gasteiger partial charge >= 0.3 is 0 Å². The molecule has 8 heteroatoms. The number of ether oxygens (including phenoxy) is 1. The van der Waals surface area contributed by atoms with E-state index in [1.54, 1.807) is 6.07 Å². The maximum absolute atomic E-state index is 13.3. The number of benzene rings is 2. The topological polar surface area (TPSA) is 95.0 Å². The van der Waals surface area contributed by atoms with Crippen molar-refractivity contribution in [3.05, 3.63) is 59.4 Å². The Morgan fingerprint density at radius 1 is 1.22 bits per heavy atom. The maximum atomic E-state index is 13.3. The minimum Gasteiger partial charge on any atom is -0.490 e. The van der Waals surface area contributed by atoms with Crippen molar-refractivity contribution in [2.75, 3.05) is 25.0 Å². The molecule has 0 spiro atoms. The highest BCUT2D eigenvalue weighted by Gasteiger charge is 2.19. The molecule has 3 rings (SSSR count). The number of hydrazone groups is 1. The summed E-state index contributed by atoms with van der Waals surface area (Å²) in [5.41, 5.74) is 5.89. The van der Waals surface area contributed by atoms with E-state index in [1.807, 2.05) is 45.0 Å². The molecule has 0 aliphatic carbocycles. The summed E-state index contributed by atoms with van der Waals surface area (Å²) in [6.07, 6.45) is 0.366. The molecule has 1 aliphatic heterocycles. The number of halogens is 1. The number of aliphatic hydroxyl groups is 1. The molecule has 0 saturated carbocycles. The molecule has 0 radical (unpaired) electrons. The molecule has 2 aromatic rings. The summed E-state index contributed by atoms with van der Waals surface area (Å²) in [7, 11) is 0. The van der Waals surface area contributed by atoms with Crippen LogP contribution in [0.4, 0.5) is 10.1 Å². The molecule has 0 saturated heterocycles. The zero-order chi connectivity index (χ0) is 23.1. The van der Waals surface area contributed by atoms with E-state index in [4.69, 9.17) is 4.74 Å². The van der Waals surface area contributed by atoms with Crippen LogP contribution in [0, 0.1) is 12.7 Å². The van der Waals surface area contributed by atoms with Crippen molar-refractivity contribution in [1.82, 2.24) is 10.7 Å². The summed E-state index contributed by atoms with van der Waals surface area (Å²) in [6, 6.07) is 12.3. The van der Waals surface area contributed by atoms with Crippen molar-refractivity contribution in [2.24, 2.45) is 5.10 Å². The molecule has 1 unspecified atom stereocenters. The molecule has 32 heavy (non-hydrogen) atoms. The predicted molar refractivity (Wildman–Crippen MR) is 124 cm³/mol. The molecule has 1 aliphatic rings. The molecule has 7 nitrogen and oxygen atoms in total. The lowest BCUT2D eigenvalue weighted by atomic mass is 10.0. The molecule has 4 N–H and O–H groups in total. The first kappa shape index (κ1) is 23.7. The number of nitrogens with zero attached hydrogens (tertiary/aromatic N) is 1. The zero-order valence-electron chi connectivity index (χ0n) is 18.7. The Morgan fingerprint density at radius 3 is 2.66 bits per heavy atom. The van der Waals surface area contributed by atoms with Crippen molar-refractivity contribution in [2.45, 2.75) is 45.3 Å². The number of rotatable bonds is 10. The third-order valence-electron chi connectivity index (χ3n) is 5.25. The second-order valence-corrected chi connectivity index (χ2v) is 8.66. The normalized spacial score (nSPS) is 15.0.